The van der Waals surface area contributed by atoms with Crippen molar-refractivity contribution in [3.8, 4) is 5.75 Å². The number of halogens is 1. The van der Waals surface area contributed by atoms with Gasteiger partial charge in [-0.1, -0.05) is 54.6 Å². The number of carbonyl (C=O) groups excluding carboxylic acids is 1. The third-order valence-corrected chi connectivity index (χ3v) is 6.42. The second-order valence-corrected chi connectivity index (χ2v) is 8.75. The van der Waals surface area contributed by atoms with E-state index < -0.39 is 6.10 Å². The Morgan fingerprint density at radius 1 is 1.06 bits per heavy atom. The van der Waals surface area contributed by atoms with Gasteiger partial charge in [0, 0.05) is 10.6 Å². The van der Waals surface area contributed by atoms with Crippen molar-refractivity contribution in [3.63, 3.8) is 0 Å². The highest BCUT2D eigenvalue weighted by molar-refractivity contribution is 7.90. The number of phenols is 1. The predicted molar refractivity (Wildman–Crippen MR) is 136 cm³/mol. The maximum atomic E-state index is 13.2. The molecular weight excluding hydrogens is 449 g/mol. The van der Waals surface area contributed by atoms with Crippen molar-refractivity contribution < 1.29 is 19.4 Å². The lowest BCUT2D eigenvalue weighted by Crippen LogP contribution is -2.60. The summed E-state index contributed by atoms with van der Waals surface area (Å²) in [5.74, 6) is -0.448. The van der Waals surface area contributed by atoms with E-state index in [2.05, 4.69) is 12.6 Å². The summed E-state index contributed by atoms with van der Waals surface area (Å²) in [7, 11) is 0. The molecule has 0 aromatic heterocycles. The Bertz CT molecular complexity index is 1190. The molecular formula is C28H26FNO3S. The molecule has 4 rings (SSSR count). The Hall–Kier alpha value is -3.35. The highest BCUT2D eigenvalue weighted by Crippen LogP contribution is 2.37. The van der Waals surface area contributed by atoms with Crippen LogP contribution in [0.4, 0.5) is 10.1 Å². The second-order valence-electron chi connectivity index (χ2n) is 8.27. The van der Waals surface area contributed by atoms with Crippen LogP contribution < -0.4 is 4.90 Å². The number of allylic oxidation sites excluding steroid dienone is 2. The lowest BCUT2D eigenvalue weighted by Gasteiger charge is -2.46. The highest BCUT2D eigenvalue weighted by Gasteiger charge is 2.46. The first-order valence-electron chi connectivity index (χ1n) is 11.1. The van der Waals surface area contributed by atoms with Crippen LogP contribution in [0.2, 0.25) is 0 Å². The normalized spacial score (nSPS) is 19.3. The van der Waals surface area contributed by atoms with E-state index in [-0.39, 0.29) is 29.4 Å². The summed E-state index contributed by atoms with van der Waals surface area (Å²) in [5, 5.41) is 20.2. The fraction of sp³-hybridized carbons (Fsp3) is 0.179. The van der Waals surface area contributed by atoms with Gasteiger partial charge in [-0.3, -0.25) is 4.79 Å². The molecule has 1 fully saturated rings. The van der Waals surface area contributed by atoms with Crippen LogP contribution >= 0.6 is 12.6 Å². The first-order valence-corrected chi connectivity index (χ1v) is 11.6. The van der Waals surface area contributed by atoms with E-state index in [0.29, 0.717) is 23.3 Å². The molecule has 1 aliphatic rings. The fourth-order valence-corrected chi connectivity index (χ4v) is 4.41. The maximum absolute atomic E-state index is 13.2. The largest absolute Gasteiger partial charge is 0.508 e. The number of nitrogens with zero attached hydrogens (tertiary/aromatic N) is 1. The monoisotopic (exact) mass is 475 g/mol. The lowest BCUT2D eigenvalue weighted by molar-refractivity contribution is -0.129. The summed E-state index contributed by atoms with van der Waals surface area (Å²) >= 11 is 4.52. The Labute approximate surface area is 204 Å². The summed E-state index contributed by atoms with van der Waals surface area (Å²) in [6.07, 6.45) is 5.78. The van der Waals surface area contributed by atoms with Crippen LogP contribution in [0, 0.1) is 11.7 Å². The molecule has 1 amide bonds. The first kappa shape index (κ1) is 23.8. The van der Waals surface area contributed by atoms with E-state index >= 15 is 0 Å². The number of aliphatic hydroxyl groups is 1. The van der Waals surface area contributed by atoms with Gasteiger partial charge >= 0.3 is 0 Å². The number of phenolic OH excluding ortho intramolecular Hbond substituents is 1. The molecule has 174 valence electrons. The van der Waals surface area contributed by atoms with Gasteiger partial charge in [0.1, 0.15) is 11.6 Å². The van der Waals surface area contributed by atoms with E-state index in [1.807, 2.05) is 54.6 Å². The van der Waals surface area contributed by atoms with E-state index in [1.54, 1.807) is 35.2 Å². The molecule has 3 aromatic carbocycles. The zero-order chi connectivity index (χ0) is 24.1. The molecule has 34 heavy (non-hydrogen) atoms. The quantitative estimate of drug-likeness (QED) is 0.216. The SMILES string of the molecule is O=C1[C@H](CC[C@H](O)c2ccc(F)cc2)[C@@H](/C=C/C=C(\S)c2cccc(O)c2)N1c1ccccc1. The van der Waals surface area contributed by atoms with Crippen LogP contribution in [0.25, 0.3) is 4.91 Å². The number of rotatable bonds is 8. The van der Waals surface area contributed by atoms with Crippen molar-refractivity contribution in [3.05, 3.63) is 114 Å². The average Bonchev–Trinajstić information content (AvgIpc) is 2.84. The summed E-state index contributed by atoms with van der Waals surface area (Å²) in [6, 6.07) is 21.9. The maximum Gasteiger partial charge on any atom is 0.233 e. The van der Waals surface area contributed by atoms with Crippen molar-refractivity contribution in [1.29, 1.82) is 0 Å². The van der Waals surface area contributed by atoms with Gasteiger partial charge < -0.3 is 15.1 Å². The van der Waals surface area contributed by atoms with Crippen molar-refractivity contribution in [2.24, 2.45) is 5.92 Å². The molecule has 0 saturated carbocycles. The molecule has 2 N–H and O–H groups in total. The number of para-hydroxylation sites is 1. The van der Waals surface area contributed by atoms with Gasteiger partial charge in [0.15, 0.2) is 0 Å². The average molecular weight is 476 g/mol. The third kappa shape index (κ3) is 5.41. The molecule has 3 aromatic rings. The number of hydrogen-bond acceptors (Lipinski definition) is 4. The third-order valence-electron chi connectivity index (χ3n) is 6.01. The van der Waals surface area contributed by atoms with Gasteiger partial charge in [0.05, 0.1) is 18.1 Å². The van der Waals surface area contributed by atoms with Gasteiger partial charge in [-0.15, -0.1) is 12.6 Å². The van der Waals surface area contributed by atoms with Gasteiger partial charge in [-0.05, 0) is 66.4 Å². The molecule has 6 heteroatoms. The molecule has 1 heterocycles. The highest BCUT2D eigenvalue weighted by atomic mass is 32.1. The van der Waals surface area contributed by atoms with Gasteiger partial charge in [-0.2, -0.15) is 0 Å². The molecule has 0 radical (unpaired) electrons. The van der Waals surface area contributed by atoms with Gasteiger partial charge in [-0.25, -0.2) is 4.39 Å². The van der Waals surface area contributed by atoms with Gasteiger partial charge in [0.2, 0.25) is 5.91 Å². The van der Waals surface area contributed by atoms with Crippen molar-refractivity contribution in [2.75, 3.05) is 4.90 Å². The van der Waals surface area contributed by atoms with Crippen LogP contribution in [0.5, 0.6) is 5.75 Å². The summed E-state index contributed by atoms with van der Waals surface area (Å²) in [5.41, 5.74) is 2.24. The number of benzene rings is 3. The zero-order valence-electron chi connectivity index (χ0n) is 18.5. The number of carbonyl (C=O) groups is 1. The Morgan fingerprint density at radius 3 is 2.50 bits per heavy atom. The van der Waals surface area contributed by atoms with E-state index in [0.717, 1.165) is 11.3 Å². The molecule has 0 unspecified atom stereocenters. The molecule has 3 atom stereocenters. The van der Waals surface area contributed by atoms with E-state index in [9.17, 15) is 19.4 Å². The molecule has 1 saturated heterocycles. The van der Waals surface area contributed by atoms with Crippen LogP contribution in [0.15, 0.2) is 97.1 Å². The number of anilines is 1. The number of β-lactam (4-membered cyclic amide) rings is 1. The standard InChI is InChI=1S/C28H26FNO3S/c29-21-14-12-19(13-15-21)26(32)17-16-24-25(30(28(24)33)22-7-2-1-3-8-22)10-5-11-27(34)20-6-4-9-23(31)18-20/h1-15,18,24-26,31-32,34H,16-17H2/b10-5+,27-11-/t24-,25-,26+/m1/s1. The topological polar surface area (TPSA) is 60.8 Å². The van der Waals surface area contributed by atoms with E-state index in [4.69, 9.17) is 0 Å². The lowest BCUT2D eigenvalue weighted by atomic mass is 9.81. The first-order chi connectivity index (χ1) is 16.4. The van der Waals surface area contributed by atoms with Crippen LogP contribution in [-0.2, 0) is 4.79 Å². The minimum atomic E-state index is -0.765. The predicted octanol–water partition coefficient (Wildman–Crippen LogP) is 5.90. The summed E-state index contributed by atoms with van der Waals surface area (Å²) in [4.78, 5) is 15.5. The second kappa shape index (κ2) is 10.7. The molecule has 4 nitrogen and oxygen atoms in total. The fourth-order valence-electron chi connectivity index (χ4n) is 4.18. The van der Waals surface area contributed by atoms with Crippen LogP contribution in [0.1, 0.15) is 30.1 Å². The van der Waals surface area contributed by atoms with Crippen LogP contribution in [-0.4, -0.2) is 22.2 Å². The van der Waals surface area contributed by atoms with Crippen molar-refractivity contribution in [1.82, 2.24) is 0 Å². The van der Waals surface area contributed by atoms with Gasteiger partial charge in [0.25, 0.3) is 0 Å². The molecule has 1 aliphatic heterocycles. The molecule has 0 bridgehead atoms. The number of aliphatic hydroxyl groups excluding tert-OH is 1. The number of hydrogen-bond donors (Lipinski definition) is 3. The van der Waals surface area contributed by atoms with Crippen molar-refractivity contribution >= 4 is 29.1 Å². The zero-order valence-corrected chi connectivity index (χ0v) is 19.4. The molecule has 0 spiro atoms. The molecule has 0 aliphatic carbocycles. The van der Waals surface area contributed by atoms with Crippen molar-refractivity contribution in [2.45, 2.75) is 25.0 Å². The van der Waals surface area contributed by atoms with E-state index in [1.165, 1.54) is 12.1 Å². The number of amides is 1. The summed E-state index contributed by atoms with van der Waals surface area (Å²) < 4.78 is 13.2. The minimum Gasteiger partial charge on any atom is -0.508 e. The Morgan fingerprint density at radius 2 is 1.79 bits per heavy atom. The Balaban J connectivity index is 1.49. The minimum absolute atomic E-state index is 0.00946. The smallest absolute Gasteiger partial charge is 0.233 e. The van der Waals surface area contributed by atoms with Crippen LogP contribution in [0.3, 0.4) is 0 Å². The Kier molecular flexibility index (Phi) is 7.50. The number of thiol groups is 1. The number of aromatic hydroxyl groups is 1. The summed E-state index contributed by atoms with van der Waals surface area (Å²) in [6.45, 7) is 0.